The molecule has 0 fully saturated rings. The Kier molecular flexibility index (Phi) is 3.75. The molecule has 4 nitrogen and oxygen atoms in total. The number of amides is 1. The van der Waals surface area contributed by atoms with Crippen LogP contribution in [0.4, 0.5) is 16.2 Å². The van der Waals surface area contributed by atoms with E-state index in [4.69, 9.17) is 4.74 Å². The second kappa shape index (κ2) is 4.95. The minimum atomic E-state index is -0.498. The Morgan fingerprint density at radius 2 is 2.05 bits per heavy atom. The fourth-order valence-corrected chi connectivity index (χ4v) is 2.57. The second-order valence-electron chi connectivity index (χ2n) is 6.74. The molecule has 1 aromatic rings. The molecular formula is C15H21BrN2O2. The summed E-state index contributed by atoms with van der Waals surface area (Å²) in [6.07, 6.45) is -0.310. The zero-order valence-electron chi connectivity index (χ0n) is 12.6. The van der Waals surface area contributed by atoms with E-state index in [-0.39, 0.29) is 11.6 Å². The first-order valence-electron chi connectivity index (χ1n) is 6.66. The van der Waals surface area contributed by atoms with E-state index in [1.807, 2.05) is 39.0 Å². The van der Waals surface area contributed by atoms with E-state index in [0.29, 0.717) is 6.54 Å². The minimum absolute atomic E-state index is 0.204. The summed E-state index contributed by atoms with van der Waals surface area (Å²) in [5.74, 6) is 0. The molecule has 1 N–H and O–H groups in total. The number of rotatable bonds is 0. The van der Waals surface area contributed by atoms with Crippen molar-refractivity contribution in [1.82, 2.24) is 0 Å². The normalized spacial score (nSPS) is 17.2. The smallest absolute Gasteiger partial charge is 0.414 e. The predicted molar refractivity (Wildman–Crippen MR) is 85.4 cm³/mol. The Morgan fingerprint density at radius 3 is 2.65 bits per heavy atom. The summed E-state index contributed by atoms with van der Waals surface area (Å²) < 4.78 is 6.48. The van der Waals surface area contributed by atoms with Crippen LogP contribution < -0.4 is 10.2 Å². The van der Waals surface area contributed by atoms with Gasteiger partial charge in [-0.25, -0.2) is 4.79 Å². The highest BCUT2D eigenvalue weighted by Crippen LogP contribution is 2.37. The van der Waals surface area contributed by atoms with Crippen LogP contribution in [0.25, 0.3) is 0 Å². The number of hydrogen-bond donors (Lipinski definition) is 1. The first-order chi connectivity index (χ1) is 9.07. The van der Waals surface area contributed by atoms with Crippen molar-refractivity contribution in [3.8, 4) is 0 Å². The van der Waals surface area contributed by atoms with Gasteiger partial charge in [-0.1, -0.05) is 15.9 Å². The lowest BCUT2D eigenvalue weighted by Gasteiger charge is -2.41. The number of anilines is 2. The van der Waals surface area contributed by atoms with Gasteiger partial charge in [0.2, 0.25) is 0 Å². The number of benzene rings is 1. The molecule has 0 atom stereocenters. The summed E-state index contributed by atoms with van der Waals surface area (Å²) in [7, 11) is 0. The van der Waals surface area contributed by atoms with Gasteiger partial charge < -0.3 is 10.1 Å². The first-order valence-corrected chi connectivity index (χ1v) is 7.45. The van der Waals surface area contributed by atoms with Gasteiger partial charge in [-0.2, -0.15) is 0 Å². The number of carbonyl (C=O) groups is 1. The molecule has 0 aromatic heterocycles. The lowest BCUT2D eigenvalue weighted by atomic mass is 10.00. The molecule has 0 aliphatic carbocycles. The van der Waals surface area contributed by atoms with Crippen molar-refractivity contribution < 1.29 is 9.53 Å². The van der Waals surface area contributed by atoms with E-state index in [0.717, 1.165) is 15.8 Å². The van der Waals surface area contributed by atoms with E-state index in [1.165, 1.54) is 0 Å². The number of nitrogens with zero attached hydrogens (tertiary/aromatic N) is 1. The van der Waals surface area contributed by atoms with Crippen molar-refractivity contribution in [3.05, 3.63) is 22.7 Å². The third-order valence-corrected chi connectivity index (χ3v) is 3.38. The molecule has 110 valence electrons. The van der Waals surface area contributed by atoms with E-state index >= 15 is 0 Å². The average molecular weight is 341 g/mol. The van der Waals surface area contributed by atoms with Crippen LogP contribution in [-0.2, 0) is 4.74 Å². The van der Waals surface area contributed by atoms with E-state index in [1.54, 1.807) is 4.90 Å². The highest BCUT2D eigenvalue weighted by Gasteiger charge is 2.35. The Hall–Kier alpha value is -1.23. The van der Waals surface area contributed by atoms with Crippen molar-refractivity contribution in [2.75, 3.05) is 16.8 Å². The summed E-state index contributed by atoms with van der Waals surface area (Å²) in [6, 6.07) is 5.83. The van der Waals surface area contributed by atoms with Crippen molar-refractivity contribution >= 4 is 33.4 Å². The zero-order chi connectivity index (χ0) is 15.1. The molecule has 0 saturated heterocycles. The number of halogens is 1. The van der Waals surface area contributed by atoms with Crippen LogP contribution in [0.15, 0.2) is 22.7 Å². The second-order valence-corrected chi connectivity index (χ2v) is 7.65. The van der Waals surface area contributed by atoms with Gasteiger partial charge in [-0.05, 0) is 52.8 Å². The lowest BCUT2D eigenvalue weighted by Crippen LogP contribution is -2.51. The van der Waals surface area contributed by atoms with Gasteiger partial charge in [0.25, 0.3) is 0 Å². The molecule has 20 heavy (non-hydrogen) atoms. The maximum absolute atomic E-state index is 12.4. The summed E-state index contributed by atoms with van der Waals surface area (Å²) >= 11 is 3.46. The molecule has 0 bridgehead atoms. The Bertz CT molecular complexity index is 535. The number of ether oxygens (including phenoxy) is 1. The summed E-state index contributed by atoms with van der Waals surface area (Å²) in [4.78, 5) is 14.1. The van der Waals surface area contributed by atoms with Gasteiger partial charge in [0.15, 0.2) is 0 Å². The van der Waals surface area contributed by atoms with Crippen molar-refractivity contribution in [1.29, 1.82) is 0 Å². The first kappa shape index (κ1) is 15.2. The minimum Gasteiger partial charge on any atom is -0.443 e. The average Bonchev–Trinajstić information content (AvgIpc) is 2.23. The molecule has 0 spiro atoms. The molecule has 1 heterocycles. The van der Waals surface area contributed by atoms with Gasteiger partial charge >= 0.3 is 6.09 Å². The molecule has 2 rings (SSSR count). The Labute approximate surface area is 128 Å². The van der Waals surface area contributed by atoms with Gasteiger partial charge in [0.05, 0.1) is 17.9 Å². The molecule has 1 aromatic carbocycles. The fraction of sp³-hybridized carbons (Fsp3) is 0.533. The topological polar surface area (TPSA) is 41.6 Å². The number of nitrogens with one attached hydrogen (secondary N) is 1. The molecule has 0 radical (unpaired) electrons. The van der Waals surface area contributed by atoms with Crippen LogP contribution in [0.1, 0.15) is 34.6 Å². The van der Waals surface area contributed by atoms with Crippen molar-refractivity contribution in [2.24, 2.45) is 0 Å². The Balaban J connectivity index is 2.37. The molecular weight excluding hydrogens is 320 g/mol. The molecule has 0 saturated carbocycles. The number of fused-ring (bicyclic) bond motifs is 1. The third-order valence-electron chi connectivity index (χ3n) is 2.89. The summed E-state index contributed by atoms with van der Waals surface area (Å²) in [5, 5.41) is 3.45. The highest BCUT2D eigenvalue weighted by atomic mass is 79.9. The SMILES string of the molecule is CC1(C)CN(C(=O)OC(C)(C)C)c2ccc(Br)cc2N1. The van der Waals surface area contributed by atoms with Gasteiger partial charge in [-0.3, -0.25) is 4.90 Å². The van der Waals surface area contributed by atoms with Crippen LogP contribution in [0.2, 0.25) is 0 Å². The quantitative estimate of drug-likeness (QED) is 0.761. The van der Waals surface area contributed by atoms with Crippen LogP contribution in [-0.4, -0.2) is 23.8 Å². The maximum atomic E-state index is 12.4. The van der Waals surface area contributed by atoms with Gasteiger partial charge in [0, 0.05) is 10.0 Å². The van der Waals surface area contributed by atoms with Crippen molar-refractivity contribution in [2.45, 2.75) is 45.8 Å². The molecule has 1 amide bonds. The molecule has 5 heteroatoms. The molecule has 1 aliphatic rings. The van der Waals surface area contributed by atoms with Crippen molar-refractivity contribution in [3.63, 3.8) is 0 Å². The van der Waals surface area contributed by atoms with Gasteiger partial charge in [-0.15, -0.1) is 0 Å². The van der Waals surface area contributed by atoms with E-state index in [2.05, 4.69) is 35.1 Å². The lowest BCUT2D eigenvalue weighted by molar-refractivity contribution is 0.0573. The highest BCUT2D eigenvalue weighted by molar-refractivity contribution is 9.10. The van der Waals surface area contributed by atoms with E-state index < -0.39 is 5.60 Å². The molecule has 0 unspecified atom stereocenters. The predicted octanol–water partition coefficient (Wildman–Crippen LogP) is 4.39. The Morgan fingerprint density at radius 1 is 1.40 bits per heavy atom. The standard InChI is InChI=1S/C15H21BrN2O2/c1-14(2,3)20-13(19)18-9-15(4,5)17-11-8-10(16)6-7-12(11)18/h6-8,17H,9H2,1-5H3. The zero-order valence-corrected chi connectivity index (χ0v) is 14.2. The monoisotopic (exact) mass is 340 g/mol. The fourth-order valence-electron chi connectivity index (χ4n) is 2.21. The summed E-state index contributed by atoms with van der Waals surface area (Å²) in [6.45, 7) is 10.3. The molecule has 1 aliphatic heterocycles. The van der Waals surface area contributed by atoms with E-state index in [9.17, 15) is 4.79 Å². The van der Waals surface area contributed by atoms with Gasteiger partial charge in [0.1, 0.15) is 5.60 Å². The number of hydrogen-bond acceptors (Lipinski definition) is 3. The number of carbonyl (C=O) groups excluding carboxylic acids is 1. The largest absolute Gasteiger partial charge is 0.443 e. The van der Waals surface area contributed by atoms with Crippen LogP contribution >= 0.6 is 15.9 Å². The summed E-state index contributed by atoms with van der Waals surface area (Å²) in [5.41, 5.74) is 1.08. The third kappa shape index (κ3) is 3.45. The van der Waals surface area contributed by atoms with Crippen LogP contribution in [0.5, 0.6) is 0 Å². The maximum Gasteiger partial charge on any atom is 0.414 e. The van der Waals surface area contributed by atoms with Crippen LogP contribution in [0.3, 0.4) is 0 Å². The van der Waals surface area contributed by atoms with Crippen LogP contribution in [0, 0.1) is 0 Å².